The van der Waals surface area contributed by atoms with Gasteiger partial charge in [0.2, 0.25) is 5.75 Å². The first kappa shape index (κ1) is 23.4. The number of amides is 1. The Morgan fingerprint density at radius 3 is 2.47 bits per heavy atom. The number of furan rings is 1. The van der Waals surface area contributed by atoms with Gasteiger partial charge in [-0.3, -0.25) is 9.00 Å². The smallest absolute Gasteiger partial charge is 0.287 e. The summed E-state index contributed by atoms with van der Waals surface area (Å²) in [5, 5.41) is 2.83. The van der Waals surface area contributed by atoms with E-state index in [1.54, 1.807) is 39.5 Å². The standard InChI is InChI=1S/C24H27NO6S/c1-16-6-5-7-19(14-16)32(27)15-18-9-11-21(31-18)24(26)25-13-12-17-8-10-20(28-2)23(30-4)22(17)29-3/h5-11,14H,12-13,15H2,1-4H3,(H,25,26). The van der Waals surface area contributed by atoms with Gasteiger partial charge in [-0.05, 0) is 49.2 Å². The summed E-state index contributed by atoms with van der Waals surface area (Å²) < 4.78 is 34.3. The predicted molar refractivity (Wildman–Crippen MR) is 122 cm³/mol. The second-order valence-electron chi connectivity index (χ2n) is 7.07. The van der Waals surface area contributed by atoms with Crippen molar-refractivity contribution in [2.45, 2.75) is 24.0 Å². The highest BCUT2D eigenvalue weighted by Crippen LogP contribution is 2.39. The number of hydrogen-bond acceptors (Lipinski definition) is 6. The van der Waals surface area contributed by atoms with E-state index in [4.69, 9.17) is 18.6 Å². The van der Waals surface area contributed by atoms with Gasteiger partial charge in [-0.1, -0.05) is 18.2 Å². The molecule has 0 fully saturated rings. The van der Waals surface area contributed by atoms with E-state index in [9.17, 15) is 9.00 Å². The van der Waals surface area contributed by atoms with Crippen LogP contribution in [-0.2, 0) is 23.0 Å². The number of benzene rings is 2. The lowest BCUT2D eigenvalue weighted by Gasteiger charge is -2.15. The van der Waals surface area contributed by atoms with Gasteiger partial charge in [-0.2, -0.15) is 0 Å². The Hall–Kier alpha value is -3.26. The Bertz CT molecular complexity index is 1110. The fraction of sp³-hybridized carbons (Fsp3) is 0.292. The van der Waals surface area contributed by atoms with E-state index >= 15 is 0 Å². The summed E-state index contributed by atoms with van der Waals surface area (Å²) in [4.78, 5) is 13.2. The molecule has 3 aromatic rings. The van der Waals surface area contributed by atoms with Gasteiger partial charge in [0.15, 0.2) is 17.3 Å². The molecule has 0 bridgehead atoms. The van der Waals surface area contributed by atoms with E-state index in [-0.39, 0.29) is 17.4 Å². The van der Waals surface area contributed by atoms with Crippen molar-refractivity contribution in [3.63, 3.8) is 0 Å². The molecule has 32 heavy (non-hydrogen) atoms. The van der Waals surface area contributed by atoms with Gasteiger partial charge in [0, 0.05) is 17.0 Å². The minimum atomic E-state index is -1.25. The number of rotatable bonds is 10. The normalized spacial score (nSPS) is 11.6. The number of ether oxygens (including phenoxy) is 3. The SMILES string of the molecule is COc1ccc(CCNC(=O)c2ccc(CS(=O)c3cccc(C)c3)o2)c(OC)c1OC. The lowest BCUT2D eigenvalue weighted by Crippen LogP contribution is -2.25. The van der Waals surface area contributed by atoms with Crippen LogP contribution >= 0.6 is 0 Å². The summed E-state index contributed by atoms with van der Waals surface area (Å²) in [5.41, 5.74) is 1.92. The van der Waals surface area contributed by atoms with Crippen LogP contribution in [0.25, 0.3) is 0 Å². The molecule has 0 spiro atoms. The van der Waals surface area contributed by atoms with Crippen molar-refractivity contribution in [2.75, 3.05) is 27.9 Å². The second kappa shape index (κ2) is 10.9. The molecule has 0 aliphatic heterocycles. The van der Waals surface area contributed by atoms with Crippen LogP contribution in [0.3, 0.4) is 0 Å². The molecule has 0 radical (unpaired) electrons. The zero-order valence-corrected chi connectivity index (χ0v) is 19.4. The minimum absolute atomic E-state index is 0.181. The van der Waals surface area contributed by atoms with Crippen LogP contribution in [0.4, 0.5) is 0 Å². The van der Waals surface area contributed by atoms with Crippen LogP contribution in [0.1, 0.15) is 27.4 Å². The van der Waals surface area contributed by atoms with Crippen LogP contribution in [0.2, 0.25) is 0 Å². The zero-order chi connectivity index (χ0) is 23.1. The van der Waals surface area contributed by atoms with Gasteiger partial charge in [-0.15, -0.1) is 0 Å². The van der Waals surface area contributed by atoms with Crippen LogP contribution in [-0.4, -0.2) is 38.0 Å². The summed E-state index contributed by atoms with van der Waals surface area (Å²) in [6.45, 7) is 2.32. The highest BCUT2D eigenvalue weighted by atomic mass is 32.2. The topological polar surface area (TPSA) is 87.0 Å². The monoisotopic (exact) mass is 457 g/mol. The first-order valence-corrected chi connectivity index (χ1v) is 11.4. The highest BCUT2D eigenvalue weighted by Gasteiger charge is 2.17. The molecule has 0 saturated carbocycles. The minimum Gasteiger partial charge on any atom is -0.493 e. The van der Waals surface area contributed by atoms with Crippen molar-refractivity contribution < 1.29 is 27.6 Å². The average Bonchev–Trinajstić information content (AvgIpc) is 3.26. The average molecular weight is 458 g/mol. The zero-order valence-electron chi connectivity index (χ0n) is 18.6. The number of carbonyl (C=O) groups is 1. The van der Waals surface area contributed by atoms with Crippen molar-refractivity contribution in [3.05, 3.63) is 71.2 Å². The lowest BCUT2D eigenvalue weighted by molar-refractivity contribution is 0.0925. The van der Waals surface area contributed by atoms with E-state index in [0.717, 1.165) is 16.0 Å². The lowest BCUT2D eigenvalue weighted by atomic mass is 10.1. The molecule has 0 aliphatic carbocycles. The fourth-order valence-electron chi connectivity index (χ4n) is 3.30. The number of aryl methyl sites for hydroxylation is 1. The van der Waals surface area contributed by atoms with Crippen molar-refractivity contribution in [1.29, 1.82) is 0 Å². The molecule has 2 aromatic carbocycles. The molecule has 8 heteroatoms. The quantitative estimate of drug-likeness (QED) is 0.497. The third-order valence-electron chi connectivity index (χ3n) is 4.88. The summed E-state index contributed by atoms with van der Waals surface area (Å²) in [6, 6.07) is 14.5. The molecule has 1 atom stereocenters. The molecular weight excluding hydrogens is 430 g/mol. The Balaban J connectivity index is 1.58. The molecule has 3 rings (SSSR count). The maximum absolute atomic E-state index is 12.6. The van der Waals surface area contributed by atoms with E-state index in [1.165, 1.54) is 0 Å². The van der Waals surface area contributed by atoms with Crippen LogP contribution in [0, 0.1) is 6.92 Å². The van der Waals surface area contributed by atoms with Crippen molar-refractivity contribution in [2.24, 2.45) is 0 Å². The molecule has 7 nitrogen and oxygen atoms in total. The summed E-state index contributed by atoms with van der Waals surface area (Å²) in [7, 11) is 3.42. The van der Waals surface area contributed by atoms with Crippen LogP contribution in [0.15, 0.2) is 57.8 Å². The molecule has 1 unspecified atom stereocenters. The first-order valence-electron chi connectivity index (χ1n) is 10.1. The molecule has 1 aromatic heterocycles. The van der Waals surface area contributed by atoms with E-state index in [2.05, 4.69) is 5.32 Å². The molecular formula is C24H27NO6S. The molecule has 170 valence electrons. The Morgan fingerprint density at radius 2 is 1.78 bits per heavy atom. The molecule has 1 heterocycles. The van der Waals surface area contributed by atoms with Gasteiger partial charge in [0.25, 0.3) is 5.91 Å². The van der Waals surface area contributed by atoms with E-state index in [0.29, 0.717) is 36.0 Å². The molecule has 1 N–H and O–H groups in total. The number of methoxy groups -OCH3 is 3. The van der Waals surface area contributed by atoms with Crippen molar-refractivity contribution in [1.82, 2.24) is 5.32 Å². The van der Waals surface area contributed by atoms with Crippen LogP contribution < -0.4 is 19.5 Å². The largest absolute Gasteiger partial charge is 0.493 e. The van der Waals surface area contributed by atoms with E-state index in [1.807, 2.05) is 37.3 Å². The summed E-state index contributed by atoms with van der Waals surface area (Å²) in [5.74, 6) is 2.20. The van der Waals surface area contributed by atoms with Gasteiger partial charge >= 0.3 is 0 Å². The molecule has 1 amide bonds. The van der Waals surface area contributed by atoms with Gasteiger partial charge < -0.3 is 23.9 Å². The Labute approximate surface area is 190 Å². The number of carbonyl (C=O) groups excluding carboxylic acids is 1. The van der Waals surface area contributed by atoms with Crippen molar-refractivity contribution >= 4 is 16.7 Å². The maximum atomic E-state index is 12.6. The number of nitrogens with one attached hydrogen (secondary N) is 1. The Morgan fingerprint density at radius 1 is 1.00 bits per heavy atom. The van der Waals surface area contributed by atoms with Gasteiger partial charge in [0.1, 0.15) is 5.76 Å². The maximum Gasteiger partial charge on any atom is 0.287 e. The predicted octanol–water partition coefficient (Wildman–Crippen LogP) is 3.89. The van der Waals surface area contributed by atoms with Crippen LogP contribution in [0.5, 0.6) is 17.2 Å². The van der Waals surface area contributed by atoms with Gasteiger partial charge in [0.05, 0.1) is 37.9 Å². The van der Waals surface area contributed by atoms with E-state index < -0.39 is 10.8 Å². The van der Waals surface area contributed by atoms with Crippen molar-refractivity contribution in [3.8, 4) is 17.2 Å². The molecule has 0 aliphatic rings. The fourth-order valence-corrected chi connectivity index (χ4v) is 4.43. The number of hydrogen-bond donors (Lipinski definition) is 1. The third-order valence-corrected chi connectivity index (χ3v) is 6.20. The summed E-state index contributed by atoms with van der Waals surface area (Å²) in [6.07, 6.45) is 0.528. The third kappa shape index (κ3) is 5.50. The second-order valence-corrected chi connectivity index (χ2v) is 8.52. The molecule has 0 saturated heterocycles. The highest BCUT2D eigenvalue weighted by molar-refractivity contribution is 7.84. The summed E-state index contributed by atoms with van der Waals surface area (Å²) >= 11 is 0. The van der Waals surface area contributed by atoms with Gasteiger partial charge in [-0.25, -0.2) is 0 Å². The first-order chi connectivity index (χ1) is 15.5. The Kier molecular flexibility index (Phi) is 7.94.